The number of carbonyl (C=O) groups is 12. The number of Topliss-reactive ketones (excluding diaryl/α,β-unsaturated/α-hetero) is 5. The molecule has 2 heterocycles. The first kappa shape index (κ1) is 59.6. The minimum absolute atomic E-state index is 0.123. The Kier molecular flexibility index (Phi) is 26.1. The van der Waals surface area contributed by atoms with Crippen LogP contribution < -0.4 is 27.0 Å². The third kappa shape index (κ3) is 21.4. The van der Waals surface area contributed by atoms with Gasteiger partial charge in [0.05, 0.1) is 55.1 Å². The molecule has 0 spiro atoms. The summed E-state index contributed by atoms with van der Waals surface area (Å²) in [5.41, 5.74) is 5.26. The van der Waals surface area contributed by atoms with Crippen LogP contribution in [0.3, 0.4) is 0 Å². The number of nitrogens with zero attached hydrogens (tertiary/aromatic N) is 1. The molecule has 9 atom stereocenters. The van der Waals surface area contributed by atoms with E-state index in [4.69, 9.17) is 5.73 Å². The minimum atomic E-state index is -1.66. The molecule has 2 saturated heterocycles. The Balaban J connectivity index is 2.06. The number of carboxylic acids is 2. The van der Waals surface area contributed by atoms with Gasteiger partial charge in [0, 0.05) is 70.4 Å². The molecule has 0 unspecified atom stereocenters. The van der Waals surface area contributed by atoms with Crippen LogP contribution >= 0.6 is 0 Å². The summed E-state index contributed by atoms with van der Waals surface area (Å²) in [6.45, 7) is 6.44. The lowest BCUT2D eigenvalue weighted by Crippen LogP contribution is -2.49. The Hall–Kier alpha value is -5.48. The Labute approximate surface area is 402 Å². The number of hydrogen-bond donors (Lipinski definition) is 9. The number of rotatable bonds is 35. The summed E-state index contributed by atoms with van der Waals surface area (Å²) in [5, 5.41) is 49.2. The fraction of sp³-hybridized carbons (Fsp3) is 0.745. The number of aliphatic hydroxyl groups excluding tert-OH is 2. The van der Waals surface area contributed by atoms with E-state index in [0.717, 1.165) is 12.8 Å². The minimum Gasteiger partial charge on any atom is -0.481 e. The first-order valence-corrected chi connectivity index (χ1v) is 24.1. The predicted molar refractivity (Wildman–Crippen MR) is 245 cm³/mol. The van der Waals surface area contributed by atoms with E-state index in [1.807, 2.05) is 6.92 Å². The Morgan fingerprint density at radius 1 is 0.710 bits per heavy atom. The summed E-state index contributed by atoms with van der Waals surface area (Å²) in [4.78, 5) is 156. The molecule has 0 bridgehead atoms. The van der Waals surface area contributed by atoms with E-state index in [-0.39, 0.29) is 88.4 Å². The van der Waals surface area contributed by atoms with E-state index in [1.54, 1.807) is 13.8 Å². The molecule has 0 aromatic carbocycles. The largest absolute Gasteiger partial charge is 0.481 e. The molecule has 2 aliphatic rings. The molecule has 0 radical (unpaired) electrons. The second-order valence-electron chi connectivity index (χ2n) is 18.8. The van der Waals surface area contributed by atoms with Crippen LogP contribution in [0.1, 0.15) is 143 Å². The highest BCUT2D eigenvalue weighted by Gasteiger charge is 2.37. The SMILES string of the molecule is CCCCC[C@H](CC(=O)[C@@H]1CCCN1C(=O)CCC(=O)[C@H](C)NC(=O)[C@@H](CC(=O)[C@H](CO)NC(=O)[C@H](CC(=O)O)CC(=O)[C@H](CCC(N)=O)NC(=O)CCC(=O)[C@@H]1C[C@@H](O)CN1)CC(C)C)C(=O)O. The maximum absolute atomic E-state index is 13.6. The third-order valence-electron chi connectivity index (χ3n) is 12.5. The van der Waals surface area contributed by atoms with E-state index in [0.29, 0.717) is 25.7 Å². The molecule has 22 heteroatoms. The van der Waals surface area contributed by atoms with Gasteiger partial charge < -0.3 is 52.3 Å². The smallest absolute Gasteiger partial charge is 0.306 e. The topological polar surface area (TPSA) is 363 Å². The van der Waals surface area contributed by atoms with Crippen LogP contribution in [0.15, 0.2) is 0 Å². The molecule has 5 amide bonds. The van der Waals surface area contributed by atoms with E-state index in [2.05, 4.69) is 21.3 Å². The summed E-state index contributed by atoms with van der Waals surface area (Å²) >= 11 is 0. The van der Waals surface area contributed by atoms with Crippen molar-refractivity contribution in [1.29, 1.82) is 0 Å². The van der Waals surface area contributed by atoms with Crippen LogP contribution in [0.5, 0.6) is 0 Å². The van der Waals surface area contributed by atoms with Crippen LogP contribution in [0, 0.1) is 23.7 Å². The summed E-state index contributed by atoms with van der Waals surface area (Å²) in [5.74, 6) is -13.1. The zero-order valence-corrected chi connectivity index (χ0v) is 40.3. The van der Waals surface area contributed by atoms with Gasteiger partial charge in [0.25, 0.3) is 0 Å². The number of aliphatic carboxylic acids is 2. The van der Waals surface area contributed by atoms with Crippen molar-refractivity contribution in [2.24, 2.45) is 29.4 Å². The quantitative estimate of drug-likeness (QED) is 0.0379. The molecular formula is C47H74N6O16. The second-order valence-corrected chi connectivity index (χ2v) is 18.8. The average molecular weight is 979 g/mol. The first-order valence-electron chi connectivity index (χ1n) is 24.1. The summed E-state index contributed by atoms with van der Waals surface area (Å²) in [6.07, 6.45) is -1.06. The van der Waals surface area contributed by atoms with Crippen molar-refractivity contribution in [1.82, 2.24) is 26.2 Å². The first-order chi connectivity index (χ1) is 32.5. The summed E-state index contributed by atoms with van der Waals surface area (Å²) in [7, 11) is 0. The number of nitrogens with one attached hydrogen (secondary N) is 4. The maximum atomic E-state index is 13.6. The van der Waals surface area contributed by atoms with Gasteiger partial charge in [0.1, 0.15) is 11.8 Å². The number of β-amino-alcohol motifs (C(OH)–C–C–N with tert-alkyl or cyclic N) is 1. The van der Waals surface area contributed by atoms with Gasteiger partial charge in [-0.15, -0.1) is 0 Å². The molecule has 2 aliphatic heterocycles. The lowest BCUT2D eigenvalue weighted by atomic mass is 9.89. The van der Waals surface area contributed by atoms with Crippen LogP contribution in [-0.2, 0) is 57.5 Å². The predicted octanol–water partition coefficient (Wildman–Crippen LogP) is 0.0428. The van der Waals surface area contributed by atoms with E-state index in [1.165, 1.54) is 11.8 Å². The number of aliphatic hydroxyl groups is 2. The normalized spacial score (nSPS) is 19.3. The van der Waals surface area contributed by atoms with Crippen molar-refractivity contribution < 1.29 is 78.0 Å². The number of ketones is 5. The highest BCUT2D eigenvalue weighted by atomic mass is 16.4. The average Bonchev–Trinajstić information content (AvgIpc) is 3.96. The Morgan fingerprint density at radius 3 is 1.94 bits per heavy atom. The molecular weight excluding hydrogens is 905 g/mol. The standard InChI is InChI=1S/C47H74N6O16/c1-5-6-7-9-28(47(68)69)19-40(60)35-10-8-17-53(35)43(63)16-13-36(56)27(4)50-45(66)29(18-26(2)3)20-39(59)34(25-54)52-46(67)30(22-44(64)65)21-38(58)32(11-14-41(48)61)51-42(62)15-12-37(57)33-23-31(55)24-49-33/h26-35,49,54-55H,5-25H2,1-4H3,(H2,48,61)(H,50,66)(H,51,62)(H,52,67)(H,64,65)(H,68,69)/t27-,28+,29+,30-,31+,32-,33-,34-,35-/m0/s1. The molecule has 0 aromatic rings. The molecule has 2 fully saturated rings. The van der Waals surface area contributed by atoms with Gasteiger partial charge in [-0.25, -0.2) is 0 Å². The zero-order chi connectivity index (χ0) is 52.0. The fourth-order valence-electron chi connectivity index (χ4n) is 8.58. The number of likely N-dealkylation sites (tertiary alicyclic amines) is 1. The van der Waals surface area contributed by atoms with Crippen molar-refractivity contribution in [3.05, 3.63) is 0 Å². The van der Waals surface area contributed by atoms with Crippen LogP contribution in [0.25, 0.3) is 0 Å². The van der Waals surface area contributed by atoms with E-state index in [9.17, 15) is 78.0 Å². The Bertz CT molecular complexity index is 1860. The van der Waals surface area contributed by atoms with Gasteiger partial charge in [-0.3, -0.25) is 57.5 Å². The zero-order valence-electron chi connectivity index (χ0n) is 40.3. The number of unbranched alkanes of at least 4 members (excludes halogenated alkanes) is 2. The van der Waals surface area contributed by atoms with Gasteiger partial charge >= 0.3 is 11.9 Å². The van der Waals surface area contributed by atoms with E-state index >= 15 is 0 Å². The Morgan fingerprint density at radius 2 is 1.36 bits per heavy atom. The summed E-state index contributed by atoms with van der Waals surface area (Å²) < 4.78 is 0. The fourth-order valence-corrected chi connectivity index (χ4v) is 8.58. The lowest BCUT2D eigenvalue weighted by Gasteiger charge is -2.25. The van der Waals surface area contributed by atoms with Crippen molar-refractivity contribution in [2.45, 2.75) is 180 Å². The number of amides is 5. The van der Waals surface area contributed by atoms with Crippen LogP contribution in [-0.4, -0.2) is 152 Å². The number of carboxylic acid groups (broad SMARTS) is 2. The molecule has 10 N–H and O–H groups in total. The van der Waals surface area contributed by atoms with Crippen molar-refractivity contribution in [2.75, 3.05) is 19.7 Å². The van der Waals surface area contributed by atoms with Gasteiger partial charge in [-0.1, -0.05) is 40.0 Å². The third-order valence-corrected chi connectivity index (χ3v) is 12.5. The lowest BCUT2D eigenvalue weighted by molar-refractivity contribution is -0.145. The second kappa shape index (κ2) is 30.2. The molecule has 0 aromatic heterocycles. The van der Waals surface area contributed by atoms with Crippen LogP contribution in [0.4, 0.5) is 0 Å². The van der Waals surface area contributed by atoms with Gasteiger partial charge in [0.2, 0.25) is 29.5 Å². The number of nitrogens with two attached hydrogens (primary N) is 1. The van der Waals surface area contributed by atoms with Gasteiger partial charge in [-0.2, -0.15) is 0 Å². The molecule has 22 nitrogen and oxygen atoms in total. The van der Waals surface area contributed by atoms with Crippen molar-refractivity contribution in [3.63, 3.8) is 0 Å². The maximum Gasteiger partial charge on any atom is 0.306 e. The highest BCUT2D eigenvalue weighted by molar-refractivity contribution is 5.98. The summed E-state index contributed by atoms with van der Waals surface area (Å²) in [6, 6.07) is -5.64. The van der Waals surface area contributed by atoms with Crippen molar-refractivity contribution >= 4 is 70.4 Å². The molecule has 2 rings (SSSR count). The molecule has 69 heavy (non-hydrogen) atoms. The van der Waals surface area contributed by atoms with Crippen LogP contribution in [0.2, 0.25) is 0 Å². The highest BCUT2D eigenvalue weighted by Crippen LogP contribution is 2.25. The van der Waals surface area contributed by atoms with Crippen molar-refractivity contribution in [3.8, 4) is 0 Å². The number of hydrogen-bond acceptors (Lipinski definition) is 15. The van der Waals surface area contributed by atoms with Gasteiger partial charge in [0.15, 0.2) is 23.1 Å². The number of carbonyl (C=O) groups excluding carboxylic acids is 10. The molecule has 388 valence electrons. The molecule has 0 saturated carbocycles. The molecule has 0 aliphatic carbocycles. The monoisotopic (exact) mass is 979 g/mol. The van der Waals surface area contributed by atoms with E-state index < -0.39 is 139 Å². The van der Waals surface area contributed by atoms with Gasteiger partial charge in [-0.05, 0) is 51.4 Å². The number of primary amides is 1.